The molecule has 3 N–H and O–H groups in total. The maximum Gasteiger partial charge on any atom is 0.244 e. The van der Waals surface area contributed by atoms with Crippen molar-refractivity contribution in [2.45, 2.75) is 6.04 Å². The molecule has 0 aromatic heterocycles. The summed E-state index contributed by atoms with van der Waals surface area (Å²) in [6, 6.07) is 14.6. The zero-order valence-electron chi connectivity index (χ0n) is 9.94. The first kappa shape index (κ1) is 14.1. The van der Waals surface area contributed by atoms with Crippen LogP contribution in [-0.4, -0.2) is 5.91 Å². The molecule has 0 bridgehead atoms. The van der Waals surface area contributed by atoms with Gasteiger partial charge in [-0.2, -0.15) is 0 Å². The fourth-order valence-corrected chi connectivity index (χ4v) is 2.57. The molecule has 3 nitrogen and oxygen atoms in total. The Morgan fingerprint density at radius 3 is 2.26 bits per heavy atom. The van der Waals surface area contributed by atoms with Gasteiger partial charge in [-0.3, -0.25) is 4.79 Å². The molecule has 19 heavy (non-hydrogen) atoms. The lowest BCUT2D eigenvalue weighted by atomic mass is 10.1. The van der Waals surface area contributed by atoms with Crippen molar-refractivity contribution < 1.29 is 4.79 Å². The Bertz CT molecular complexity index is 602. The molecule has 0 spiro atoms. The number of halogens is 2. The van der Waals surface area contributed by atoms with E-state index in [1.807, 2.05) is 48.5 Å². The van der Waals surface area contributed by atoms with Crippen molar-refractivity contribution in [1.82, 2.24) is 0 Å². The van der Waals surface area contributed by atoms with E-state index in [2.05, 4.69) is 37.2 Å². The Morgan fingerprint density at radius 2 is 1.68 bits per heavy atom. The zero-order chi connectivity index (χ0) is 13.8. The number of primary amides is 1. The van der Waals surface area contributed by atoms with Crippen molar-refractivity contribution in [2.75, 3.05) is 5.32 Å². The van der Waals surface area contributed by atoms with E-state index in [4.69, 9.17) is 5.73 Å². The predicted molar refractivity (Wildman–Crippen MR) is 83.8 cm³/mol. The van der Waals surface area contributed by atoms with E-state index < -0.39 is 11.9 Å². The molecule has 0 aliphatic heterocycles. The quantitative estimate of drug-likeness (QED) is 0.842. The van der Waals surface area contributed by atoms with Gasteiger partial charge in [0.05, 0.1) is 0 Å². The maximum absolute atomic E-state index is 11.6. The summed E-state index contributed by atoms with van der Waals surface area (Å²) in [5.41, 5.74) is 7.13. The van der Waals surface area contributed by atoms with Crippen molar-refractivity contribution in [3.63, 3.8) is 0 Å². The number of nitrogens with two attached hydrogens (primary N) is 1. The average Bonchev–Trinajstić information content (AvgIpc) is 2.35. The van der Waals surface area contributed by atoms with Gasteiger partial charge in [0.25, 0.3) is 0 Å². The molecule has 2 aromatic rings. The van der Waals surface area contributed by atoms with Gasteiger partial charge < -0.3 is 11.1 Å². The summed E-state index contributed by atoms with van der Waals surface area (Å²) >= 11 is 6.78. The molecular weight excluding hydrogens is 372 g/mol. The Hall–Kier alpha value is -1.33. The number of carbonyl (C=O) groups excluding carboxylic acids is 1. The van der Waals surface area contributed by atoms with Gasteiger partial charge in [-0.15, -0.1) is 0 Å². The van der Waals surface area contributed by atoms with Crippen LogP contribution in [0.5, 0.6) is 0 Å². The second-order valence-corrected chi connectivity index (χ2v) is 5.88. The van der Waals surface area contributed by atoms with E-state index in [0.717, 1.165) is 20.2 Å². The average molecular weight is 384 g/mol. The summed E-state index contributed by atoms with van der Waals surface area (Å²) < 4.78 is 1.85. The second kappa shape index (κ2) is 6.21. The van der Waals surface area contributed by atoms with Gasteiger partial charge in [-0.25, -0.2) is 0 Å². The van der Waals surface area contributed by atoms with Crippen LogP contribution in [0.3, 0.4) is 0 Å². The molecule has 2 aromatic carbocycles. The summed E-state index contributed by atoms with van der Waals surface area (Å²) in [7, 11) is 0. The molecule has 0 saturated carbocycles. The summed E-state index contributed by atoms with van der Waals surface area (Å²) in [6.45, 7) is 0. The molecular formula is C14H12Br2N2O. The highest BCUT2D eigenvalue weighted by atomic mass is 79.9. The highest BCUT2D eigenvalue weighted by Gasteiger charge is 2.17. The molecule has 5 heteroatoms. The van der Waals surface area contributed by atoms with Crippen molar-refractivity contribution in [3.05, 3.63) is 63.0 Å². The smallest absolute Gasteiger partial charge is 0.244 e. The summed E-state index contributed by atoms with van der Waals surface area (Å²) in [5, 5.41) is 3.14. The van der Waals surface area contributed by atoms with Crippen molar-refractivity contribution in [2.24, 2.45) is 5.73 Å². The second-order valence-electron chi connectivity index (χ2n) is 4.05. The molecule has 1 atom stereocenters. The number of rotatable bonds is 4. The van der Waals surface area contributed by atoms with Crippen LogP contribution in [0.15, 0.2) is 57.5 Å². The lowest BCUT2D eigenvalue weighted by Gasteiger charge is -2.17. The lowest BCUT2D eigenvalue weighted by Crippen LogP contribution is -2.27. The van der Waals surface area contributed by atoms with Crippen molar-refractivity contribution >= 4 is 43.5 Å². The van der Waals surface area contributed by atoms with E-state index in [-0.39, 0.29) is 0 Å². The highest BCUT2D eigenvalue weighted by Crippen LogP contribution is 2.24. The molecule has 1 unspecified atom stereocenters. The summed E-state index contributed by atoms with van der Waals surface area (Å²) in [6.07, 6.45) is 0. The molecule has 0 aliphatic rings. The minimum atomic E-state index is -0.563. The molecule has 1 amide bonds. The Kier molecular flexibility index (Phi) is 4.61. The van der Waals surface area contributed by atoms with Crippen molar-refractivity contribution in [1.29, 1.82) is 0 Å². The van der Waals surface area contributed by atoms with Gasteiger partial charge in [0.1, 0.15) is 6.04 Å². The Labute approximate surface area is 128 Å². The third kappa shape index (κ3) is 3.81. The van der Waals surface area contributed by atoms with Gasteiger partial charge in [-0.05, 0) is 35.9 Å². The first-order chi connectivity index (χ1) is 9.06. The third-order valence-electron chi connectivity index (χ3n) is 2.60. The number of amides is 1. The Morgan fingerprint density at radius 1 is 1.05 bits per heavy atom. The van der Waals surface area contributed by atoms with E-state index in [1.165, 1.54) is 0 Å². The van der Waals surface area contributed by atoms with E-state index in [0.29, 0.717) is 0 Å². The van der Waals surface area contributed by atoms with Crippen LogP contribution >= 0.6 is 31.9 Å². The summed E-state index contributed by atoms with van der Waals surface area (Å²) in [5.74, 6) is -0.418. The van der Waals surface area contributed by atoms with Crippen molar-refractivity contribution in [3.8, 4) is 0 Å². The minimum Gasteiger partial charge on any atom is -0.370 e. The van der Waals surface area contributed by atoms with Crippen LogP contribution in [0.25, 0.3) is 0 Å². The number of nitrogens with one attached hydrogen (secondary N) is 1. The molecule has 0 radical (unpaired) electrons. The largest absolute Gasteiger partial charge is 0.370 e. The molecule has 0 aliphatic carbocycles. The first-order valence-electron chi connectivity index (χ1n) is 5.63. The molecule has 0 fully saturated rings. The van der Waals surface area contributed by atoms with E-state index in [1.54, 1.807) is 0 Å². The zero-order valence-corrected chi connectivity index (χ0v) is 13.1. The fourth-order valence-electron chi connectivity index (χ4n) is 1.75. The van der Waals surface area contributed by atoms with Crippen LogP contribution in [0.4, 0.5) is 5.69 Å². The number of anilines is 1. The van der Waals surface area contributed by atoms with Gasteiger partial charge in [0.15, 0.2) is 0 Å². The van der Waals surface area contributed by atoms with Gasteiger partial charge in [-0.1, -0.05) is 50.1 Å². The van der Waals surface area contributed by atoms with Crippen LogP contribution in [0.2, 0.25) is 0 Å². The lowest BCUT2D eigenvalue weighted by molar-refractivity contribution is -0.118. The summed E-state index contributed by atoms with van der Waals surface area (Å²) in [4.78, 5) is 11.6. The van der Waals surface area contributed by atoms with Gasteiger partial charge in [0, 0.05) is 14.6 Å². The standard InChI is InChI=1S/C14H12Br2N2O/c15-10-4-1-3-9(7-10)13(14(17)19)18-12-6-2-5-11(16)8-12/h1-8,13,18H,(H2,17,19). The normalized spacial score (nSPS) is 11.9. The molecule has 2 rings (SSSR count). The van der Waals surface area contributed by atoms with Crippen LogP contribution in [-0.2, 0) is 4.79 Å². The van der Waals surface area contributed by atoms with E-state index >= 15 is 0 Å². The SMILES string of the molecule is NC(=O)C(Nc1cccc(Br)c1)c1cccc(Br)c1. The maximum atomic E-state index is 11.6. The predicted octanol–water partition coefficient (Wildman–Crippen LogP) is 3.85. The van der Waals surface area contributed by atoms with Crippen LogP contribution in [0.1, 0.15) is 11.6 Å². The number of benzene rings is 2. The van der Waals surface area contributed by atoms with Crippen LogP contribution in [0, 0.1) is 0 Å². The minimum absolute atomic E-state index is 0.418. The molecule has 0 saturated heterocycles. The fraction of sp³-hybridized carbons (Fsp3) is 0.0714. The van der Waals surface area contributed by atoms with Gasteiger partial charge in [0.2, 0.25) is 5.91 Å². The molecule has 98 valence electrons. The Balaban J connectivity index is 2.29. The number of carbonyl (C=O) groups is 1. The molecule has 0 heterocycles. The number of hydrogen-bond donors (Lipinski definition) is 2. The third-order valence-corrected chi connectivity index (χ3v) is 3.59. The topological polar surface area (TPSA) is 55.1 Å². The monoisotopic (exact) mass is 382 g/mol. The number of hydrogen-bond acceptors (Lipinski definition) is 2. The highest BCUT2D eigenvalue weighted by molar-refractivity contribution is 9.10. The van der Waals surface area contributed by atoms with E-state index in [9.17, 15) is 4.79 Å². The van der Waals surface area contributed by atoms with Gasteiger partial charge >= 0.3 is 0 Å². The van der Waals surface area contributed by atoms with Crippen LogP contribution < -0.4 is 11.1 Å². The first-order valence-corrected chi connectivity index (χ1v) is 7.22.